The van der Waals surface area contributed by atoms with Gasteiger partial charge in [0.1, 0.15) is 5.52 Å². The number of benzene rings is 1. The number of anilines is 1. The van der Waals surface area contributed by atoms with E-state index < -0.39 is 0 Å². The van der Waals surface area contributed by atoms with E-state index in [0.29, 0.717) is 0 Å². The zero-order valence-electron chi connectivity index (χ0n) is 10.1. The van der Waals surface area contributed by atoms with Crippen LogP contribution in [0.15, 0.2) is 12.1 Å². The molecule has 2 aromatic rings. The molecular weight excluding hydrogens is 186 g/mol. The Morgan fingerprint density at radius 2 is 1.80 bits per heavy atom. The van der Waals surface area contributed by atoms with Crippen molar-refractivity contribution >= 4 is 16.6 Å². The number of aromatic nitrogens is 2. The van der Waals surface area contributed by atoms with E-state index in [2.05, 4.69) is 11.2 Å². The fraction of sp³-hybridized carbons (Fsp3) is 0.417. The summed E-state index contributed by atoms with van der Waals surface area (Å²) in [7, 11) is 1.93. The minimum atomic E-state index is 0.763. The van der Waals surface area contributed by atoms with Crippen molar-refractivity contribution in [1.29, 1.82) is 0 Å². The van der Waals surface area contributed by atoms with Crippen LogP contribution in [-0.2, 0) is 7.05 Å². The maximum absolute atomic E-state index is 5.86. The summed E-state index contributed by atoms with van der Waals surface area (Å²) in [6.07, 6.45) is 0. The van der Waals surface area contributed by atoms with Crippen LogP contribution in [0.25, 0.3) is 10.9 Å². The molecule has 2 rings (SSSR count). The lowest BCUT2D eigenvalue weighted by molar-refractivity contribution is 0.751. The second-order valence-corrected chi connectivity index (χ2v) is 3.46. The number of nitrogen functional groups attached to an aromatic ring is 1. The number of rotatable bonds is 0. The molecule has 0 spiro atoms. The molecule has 0 unspecified atom stereocenters. The highest BCUT2D eigenvalue weighted by Crippen LogP contribution is 2.24. The van der Waals surface area contributed by atoms with Gasteiger partial charge in [-0.15, -0.1) is 0 Å². The molecule has 0 fully saturated rings. The van der Waals surface area contributed by atoms with Gasteiger partial charge in [-0.1, -0.05) is 13.8 Å². The molecule has 0 saturated carbocycles. The molecule has 0 saturated heterocycles. The van der Waals surface area contributed by atoms with Crippen molar-refractivity contribution in [1.82, 2.24) is 9.78 Å². The Morgan fingerprint density at radius 3 is 2.40 bits per heavy atom. The summed E-state index contributed by atoms with van der Waals surface area (Å²) < 4.78 is 1.86. The van der Waals surface area contributed by atoms with Gasteiger partial charge >= 0.3 is 0 Å². The molecule has 3 nitrogen and oxygen atoms in total. The average molecular weight is 205 g/mol. The molecule has 82 valence electrons. The number of aryl methyl sites for hydroxylation is 3. The van der Waals surface area contributed by atoms with E-state index in [1.54, 1.807) is 0 Å². The first kappa shape index (κ1) is 11.6. The van der Waals surface area contributed by atoms with Crippen LogP contribution in [0.5, 0.6) is 0 Å². The van der Waals surface area contributed by atoms with Gasteiger partial charge in [-0.25, -0.2) is 0 Å². The maximum atomic E-state index is 5.86. The summed E-state index contributed by atoms with van der Waals surface area (Å²) in [4.78, 5) is 0. The third-order valence-corrected chi connectivity index (χ3v) is 2.41. The van der Waals surface area contributed by atoms with Crippen LogP contribution >= 0.6 is 0 Å². The van der Waals surface area contributed by atoms with Crippen LogP contribution in [0, 0.1) is 13.8 Å². The second-order valence-electron chi connectivity index (χ2n) is 3.46. The number of fused-ring (bicyclic) bond motifs is 1. The van der Waals surface area contributed by atoms with Gasteiger partial charge in [0, 0.05) is 18.1 Å². The zero-order valence-corrected chi connectivity index (χ0v) is 10.1. The lowest BCUT2D eigenvalue weighted by Gasteiger charge is -1.97. The first-order valence-corrected chi connectivity index (χ1v) is 5.29. The molecule has 0 aliphatic rings. The van der Waals surface area contributed by atoms with Gasteiger partial charge in [0.15, 0.2) is 0 Å². The molecule has 0 atom stereocenters. The molecule has 1 heterocycles. The molecule has 3 heteroatoms. The monoisotopic (exact) mass is 205 g/mol. The maximum Gasteiger partial charge on any atom is 0.115 e. The minimum absolute atomic E-state index is 0.763. The van der Waals surface area contributed by atoms with E-state index in [1.165, 1.54) is 5.56 Å². The fourth-order valence-corrected chi connectivity index (χ4v) is 1.59. The topological polar surface area (TPSA) is 43.8 Å². The Kier molecular flexibility index (Phi) is 3.35. The molecule has 0 bridgehead atoms. The van der Waals surface area contributed by atoms with Crippen molar-refractivity contribution < 1.29 is 0 Å². The highest BCUT2D eigenvalue weighted by Gasteiger charge is 2.07. The molecule has 0 aliphatic carbocycles. The standard InChI is InChI=1S/C10H13N3.C2H6/c1-6-4-8-7(2)13(3)12-10(8)9(11)5-6;1-2/h4-5H,11H2,1-3H3;1-2H3. The molecule has 1 aromatic carbocycles. The number of hydrogen-bond donors (Lipinski definition) is 1. The third-order valence-electron chi connectivity index (χ3n) is 2.41. The predicted octanol–water partition coefficient (Wildman–Crippen LogP) is 2.80. The molecule has 15 heavy (non-hydrogen) atoms. The van der Waals surface area contributed by atoms with E-state index in [-0.39, 0.29) is 0 Å². The van der Waals surface area contributed by atoms with Crippen LogP contribution in [0.1, 0.15) is 25.1 Å². The number of nitrogens with two attached hydrogens (primary N) is 1. The molecule has 0 radical (unpaired) electrons. The summed E-state index contributed by atoms with van der Waals surface area (Å²) in [5.41, 5.74) is 9.87. The van der Waals surface area contributed by atoms with E-state index in [9.17, 15) is 0 Å². The van der Waals surface area contributed by atoms with Gasteiger partial charge in [0.25, 0.3) is 0 Å². The lowest BCUT2D eigenvalue weighted by atomic mass is 10.1. The van der Waals surface area contributed by atoms with E-state index in [4.69, 9.17) is 5.73 Å². The smallest absolute Gasteiger partial charge is 0.115 e. The zero-order chi connectivity index (χ0) is 11.6. The average Bonchev–Trinajstić information content (AvgIpc) is 2.49. The van der Waals surface area contributed by atoms with Crippen molar-refractivity contribution in [2.45, 2.75) is 27.7 Å². The largest absolute Gasteiger partial charge is 0.397 e. The Morgan fingerprint density at radius 1 is 1.20 bits per heavy atom. The summed E-state index contributed by atoms with van der Waals surface area (Å²) in [6.45, 7) is 8.09. The van der Waals surface area contributed by atoms with Crippen LogP contribution in [0.4, 0.5) is 5.69 Å². The van der Waals surface area contributed by atoms with Crippen LogP contribution in [0.2, 0.25) is 0 Å². The number of nitrogens with zero attached hydrogens (tertiary/aromatic N) is 2. The quantitative estimate of drug-likeness (QED) is 0.672. The molecular formula is C12H19N3. The molecule has 0 amide bonds. The van der Waals surface area contributed by atoms with Gasteiger partial charge in [0.2, 0.25) is 0 Å². The Hall–Kier alpha value is -1.51. The minimum Gasteiger partial charge on any atom is -0.397 e. The Bertz CT molecular complexity index is 469. The van der Waals surface area contributed by atoms with Gasteiger partial charge in [-0.05, 0) is 31.5 Å². The summed E-state index contributed by atoms with van der Waals surface area (Å²) in [5, 5.41) is 5.50. The number of hydrogen-bond acceptors (Lipinski definition) is 2. The Labute approximate surface area is 90.9 Å². The van der Waals surface area contributed by atoms with E-state index in [1.807, 2.05) is 45.5 Å². The summed E-state index contributed by atoms with van der Waals surface area (Å²) in [5.74, 6) is 0. The van der Waals surface area contributed by atoms with Gasteiger partial charge in [-0.3, -0.25) is 4.68 Å². The van der Waals surface area contributed by atoms with Crippen molar-refractivity contribution in [2.24, 2.45) is 7.05 Å². The van der Waals surface area contributed by atoms with Crippen molar-refractivity contribution in [2.75, 3.05) is 5.73 Å². The summed E-state index contributed by atoms with van der Waals surface area (Å²) >= 11 is 0. The van der Waals surface area contributed by atoms with Gasteiger partial charge < -0.3 is 5.73 Å². The normalized spacial score (nSPS) is 9.93. The first-order chi connectivity index (χ1) is 7.09. The van der Waals surface area contributed by atoms with Crippen LogP contribution < -0.4 is 5.73 Å². The van der Waals surface area contributed by atoms with Gasteiger partial charge in [-0.2, -0.15) is 5.10 Å². The predicted molar refractivity (Wildman–Crippen MR) is 65.9 cm³/mol. The van der Waals surface area contributed by atoms with Crippen molar-refractivity contribution in [3.05, 3.63) is 23.4 Å². The molecule has 1 aromatic heterocycles. The van der Waals surface area contributed by atoms with Crippen LogP contribution in [-0.4, -0.2) is 9.78 Å². The van der Waals surface area contributed by atoms with Crippen molar-refractivity contribution in [3.63, 3.8) is 0 Å². The SMILES string of the molecule is CC.Cc1cc(N)c2nn(C)c(C)c2c1. The highest BCUT2D eigenvalue weighted by molar-refractivity contribution is 5.91. The molecule has 2 N–H and O–H groups in total. The molecule has 0 aliphatic heterocycles. The summed E-state index contributed by atoms with van der Waals surface area (Å²) in [6, 6.07) is 4.07. The fourth-order valence-electron chi connectivity index (χ4n) is 1.59. The van der Waals surface area contributed by atoms with E-state index >= 15 is 0 Å². The highest BCUT2D eigenvalue weighted by atomic mass is 15.3. The third kappa shape index (κ3) is 1.96. The Balaban J connectivity index is 0.000000531. The van der Waals surface area contributed by atoms with Crippen LogP contribution in [0.3, 0.4) is 0 Å². The lowest BCUT2D eigenvalue weighted by Crippen LogP contribution is -1.92. The van der Waals surface area contributed by atoms with Gasteiger partial charge in [0.05, 0.1) is 5.69 Å². The van der Waals surface area contributed by atoms with Crippen molar-refractivity contribution in [3.8, 4) is 0 Å². The first-order valence-electron chi connectivity index (χ1n) is 5.29. The second kappa shape index (κ2) is 4.34. The van der Waals surface area contributed by atoms with E-state index in [0.717, 1.165) is 22.3 Å².